The minimum atomic E-state index is -0.384. The van der Waals surface area contributed by atoms with E-state index in [0.717, 1.165) is 13.0 Å². The molecule has 0 radical (unpaired) electrons. The first-order chi connectivity index (χ1) is 5.95. The summed E-state index contributed by atoms with van der Waals surface area (Å²) in [5.74, 6) is 0. The van der Waals surface area contributed by atoms with Crippen molar-refractivity contribution in [1.82, 2.24) is 5.32 Å². The summed E-state index contributed by atoms with van der Waals surface area (Å²) in [5, 5.41) is 12.2. The van der Waals surface area contributed by atoms with Crippen molar-refractivity contribution in [2.75, 3.05) is 26.8 Å². The van der Waals surface area contributed by atoms with Gasteiger partial charge in [-0.05, 0) is 18.9 Å². The molecule has 0 saturated heterocycles. The number of nitrogens with one attached hydrogen (secondary N) is 1. The van der Waals surface area contributed by atoms with Gasteiger partial charge in [0, 0.05) is 13.2 Å². The van der Waals surface area contributed by atoms with Crippen molar-refractivity contribution in [3.63, 3.8) is 0 Å². The maximum Gasteiger partial charge on any atom is 0.0897 e. The summed E-state index contributed by atoms with van der Waals surface area (Å²) in [6.07, 6.45) is 0.643. The Morgan fingerprint density at radius 2 is 2.00 bits per heavy atom. The maximum atomic E-state index is 9.29. The lowest BCUT2D eigenvalue weighted by Gasteiger charge is -2.18. The maximum absolute atomic E-state index is 9.29. The molecule has 2 N–H and O–H groups in total. The van der Waals surface area contributed by atoms with Gasteiger partial charge in [0.15, 0.2) is 0 Å². The number of aliphatic hydroxyl groups excluding tert-OH is 1. The Labute approximate surface area is 81.5 Å². The summed E-state index contributed by atoms with van der Waals surface area (Å²) in [6.45, 7) is 8.29. The Bertz CT molecular complexity index is 121. The molecule has 0 aromatic rings. The first-order valence-corrected chi connectivity index (χ1v) is 4.86. The van der Waals surface area contributed by atoms with Crippen molar-refractivity contribution in [2.24, 2.45) is 5.41 Å². The van der Waals surface area contributed by atoms with E-state index in [1.165, 1.54) is 0 Å². The Balaban J connectivity index is 3.25. The predicted molar refractivity (Wildman–Crippen MR) is 54.8 cm³/mol. The van der Waals surface area contributed by atoms with E-state index < -0.39 is 0 Å². The van der Waals surface area contributed by atoms with Gasteiger partial charge in [-0.1, -0.05) is 20.8 Å². The fourth-order valence-electron chi connectivity index (χ4n) is 0.892. The highest BCUT2D eigenvalue weighted by Gasteiger charge is 2.10. The van der Waals surface area contributed by atoms with Crippen LogP contribution in [0.5, 0.6) is 0 Å². The molecule has 3 heteroatoms. The van der Waals surface area contributed by atoms with Gasteiger partial charge < -0.3 is 15.2 Å². The molecule has 0 aromatic carbocycles. The van der Waals surface area contributed by atoms with Crippen LogP contribution in [-0.4, -0.2) is 38.0 Å². The zero-order valence-corrected chi connectivity index (χ0v) is 9.26. The molecule has 0 aliphatic carbocycles. The van der Waals surface area contributed by atoms with E-state index in [-0.39, 0.29) is 6.10 Å². The van der Waals surface area contributed by atoms with Crippen LogP contribution in [0.1, 0.15) is 27.2 Å². The number of hydrogen-bond donors (Lipinski definition) is 2. The van der Waals surface area contributed by atoms with Gasteiger partial charge in [0.05, 0.1) is 12.7 Å². The highest BCUT2D eigenvalue weighted by molar-refractivity contribution is 4.61. The van der Waals surface area contributed by atoms with Crippen LogP contribution in [0.15, 0.2) is 0 Å². The highest BCUT2D eigenvalue weighted by Crippen LogP contribution is 2.17. The fraction of sp³-hybridized carbons (Fsp3) is 1.00. The van der Waals surface area contributed by atoms with Gasteiger partial charge in [0.25, 0.3) is 0 Å². The van der Waals surface area contributed by atoms with Gasteiger partial charge in [-0.2, -0.15) is 0 Å². The van der Waals surface area contributed by atoms with Crippen LogP contribution >= 0.6 is 0 Å². The van der Waals surface area contributed by atoms with E-state index in [1.54, 1.807) is 0 Å². The molecule has 80 valence electrons. The van der Waals surface area contributed by atoms with E-state index in [1.807, 2.05) is 7.05 Å². The lowest BCUT2D eigenvalue weighted by molar-refractivity contribution is 0.0282. The van der Waals surface area contributed by atoms with E-state index >= 15 is 0 Å². The topological polar surface area (TPSA) is 41.5 Å². The zero-order valence-electron chi connectivity index (χ0n) is 9.26. The molecule has 0 saturated carbocycles. The van der Waals surface area contributed by atoms with Gasteiger partial charge >= 0.3 is 0 Å². The van der Waals surface area contributed by atoms with E-state index in [2.05, 4.69) is 26.1 Å². The molecule has 0 fully saturated rings. The lowest BCUT2D eigenvalue weighted by Crippen LogP contribution is -2.28. The van der Waals surface area contributed by atoms with Crippen molar-refractivity contribution in [3.8, 4) is 0 Å². The van der Waals surface area contributed by atoms with Crippen LogP contribution in [0.3, 0.4) is 0 Å². The average Bonchev–Trinajstić information content (AvgIpc) is 1.97. The molecule has 1 atom stereocenters. The fourth-order valence-corrected chi connectivity index (χ4v) is 0.892. The van der Waals surface area contributed by atoms with Crippen molar-refractivity contribution in [2.45, 2.75) is 33.3 Å². The Kier molecular flexibility index (Phi) is 6.29. The van der Waals surface area contributed by atoms with Crippen LogP contribution in [-0.2, 0) is 4.74 Å². The van der Waals surface area contributed by atoms with Crippen LogP contribution in [0.4, 0.5) is 0 Å². The SMILES string of the molecule is CNCC(O)COCCC(C)(C)C. The van der Waals surface area contributed by atoms with Crippen molar-refractivity contribution in [3.05, 3.63) is 0 Å². The summed E-state index contributed by atoms with van der Waals surface area (Å²) in [6, 6.07) is 0. The summed E-state index contributed by atoms with van der Waals surface area (Å²) in [5.41, 5.74) is 0.313. The van der Waals surface area contributed by atoms with Gasteiger partial charge in [-0.25, -0.2) is 0 Å². The molecular formula is C10H23NO2. The number of rotatable bonds is 6. The van der Waals surface area contributed by atoms with Gasteiger partial charge in [-0.3, -0.25) is 0 Å². The number of likely N-dealkylation sites (N-methyl/N-ethyl adjacent to an activating group) is 1. The molecule has 13 heavy (non-hydrogen) atoms. The molecule has 0 heterocycles. The molecule has 0 bridgehead atoms. The zero-order chi connectivity index (χ0) is 10.3. The third-order valence-corrected chi connectivity index (χ3v) is 1.75. The van der Waals surface area contributed by atoms with Crippen LogP contribution in [0, 0.1) is 5.41 Å². The summed E-state index contributed by atoms with van der Waals surface area (Å²) in [4.78, 5) is 0. The first-order valence-electron chi connectivity index (χ1n) is 4.86. The molecule has 1 unspecified atom stereocenters. The molecule has 0 aromatic heterocycles. The van der Waals surface area contributed by atoms with Gasteiger partial charge in [0.1, 0.15) is 0 Å². The monoisotopic (exact) mass is 189 g/mol. The normalized spacial score (nSPS) is 14.5. The largest absolute Gasteiger partial charge is 0.389 e. The van der Waals surface area contributed by atoms with Crippen molar-refractivity contribution < 1.29 is 9.84 Å². The highest BCUT2D eigenvalue weighted by atomic mass is 16.5. The Hall–Kier alpha value is -0.120. The lowest BCUT2D eigenvalue weighted by atomic mass is 9.93. The number of ether oxygens (including phenoxy) is 1. The van der Waals surface area contributed by atoms with Crippen LogP contribution < -0.4 is 5.32 Å². The third kappa shape index (κ3) is 9.80. The van der Waals surface area contributed by atoms with Crippen molar-refractivity contribution >= 4 is 0 Å². The second kappa shape index (κ2) is 6.35. The first kappa shape index (κ1) is 12.9. The van der Waals surface area contributed by atoms with E-state index in [0.29, 0.717) is 18.6 Å². The minimum absolute atomic E-state index is 0.313. The summed E-state index contributed by atoms with van der Waals surface area (Å²) in [7, 11) is 1.82. The van der Waals surface area contributed by atoms with Crippen LogP contribution in [0.25, 0.3) is 0 Å². The molecule has 0 rings (SSSR count). The molecule has 0 spiro atoms. The number of aliphatic hydroxyl groups is 1. The molecular weight excluding hydrogens is 166 g/mol. The molecule has 0 aliphatic rings. The van der Waals surface area contributed by atoms with E-state index in [9.17, 15) is 5.11 Å². The quantitative estimate of drug-likeness (QED) is 0.613. The third-order valence-electron chi connectivity index (χ3n) is 1.75. The Morgan fingerprint density at radius 1 is 1.38 bits per heavy atom. The molecule has 0 aliphatic heterocycles. The predicted octanol–water partition coefficient (Wildman–Crippen LogP) is 1.02. The van der Waals surface area contributed by atoms with Gasteiger partial charge in [0.2, 0.25) is 0 Å². The second-order valence-corrected chi connectivity index (χ2v) is 4.60. The Morgan fingerprint density at radius 3 is 2.46 bits per heavy atom. The standard InChI is InChI=1S/C10H23NO2/c1-10(2,3)5-6-13-8-9(12)7-11-4/h9,11-12H,5-8H2,1-4H3. The summed E-state index contributed by atoms with van der Waals surface area (Å²) >= 11 is 0. The second-order valence-electron chi connectivity index (χ2n) is 4.60. The van der Waals surface area contributed by atoms with Crippen LogP contribution in [0.2, 0.25) is 0 Å². The average molecular weight is 189 g/mol. The molecule has 3 nitrogen and oxygen atoms in total. The smallest absolute Gasteiger partial charge is 0.0897 e. The van der Waals surface area contributed by atoms with Crippen molar-refractivity contribution in [1.29, 1.82) is 0 Å². The summed E-state index contributed by atoms with van der Waals surface area (Å²) < 4.78 is 5.33. The van der Waals surface area contributed by atoms with E-state index in [4.69, 9.17) is 4.74 Å². The van der Waals surface area contributed by atoms with Gasteiger partial charge in [-0.15, -0.1) is 0 Å². The molecule has 0 amide bonds. The minimum Gasteiger partial charge on any atom is -0.389 e. The number of hydrogen-bond acceptors (Lipinski definition) is 3.